The van der Waals surface area contributed by atoms with E-state index in [1.807, 2.05) is 12.1 Å². The van der Waals surface area contributed by atoms with Crippen molar-refractivity contribution in [2.24, 2.45) is 0 Å². The van der Waals surface area contributed by atoms with E-state index < -0.39 is 0 Å². The minimum Gasteiger partial charge on any atom is -1.00 e. The van der Waals surface area contributed by atoms with Crippen LogP contribution in [0.1, 0.15) is 24.0 Å². The molecule has 0 bridgehead atoms. The molecule has 0 nitrogen and oxygen atoms in total. The van der Waals surface area contributed by atoms with E-state index in [1.54, 1.807) is 23.3 Å². The van der Waals surface area contributed by atoms with Crippen LogP contribution in [0.3, 0.4) is 0 Å². The summed E-state index contributed by atoms with van der Waals surface area (Å²) in [5.41, 5.74) is 5.38. The van der Waals surface area contributed by atoms with E-state index in [0.717, 1.165) is 12.8 Å². The molecule has 0 unspecified atom stereocenters. The van der Waals surface area contributed by atoms with Crippen LogP contribution < -0.4 is 24.8 Å². The first-order chi connectivity index (χ1) is 12.7. The van der Waals surface area contributed by atoms with E-state index in [4.69, 9.17) is 0 Å². The second kappa shape index (κ2) is 15.9. The first-order valence-electron chi connectivity index (χ1n) is 8.83. The Bertz CT molecular complexity index is 753. The van der Waals surface area contributed by atoms with Crippen LogP contribution in [0.5, 0.6) is 0 Å². The molecule has 2 aliphatic carbocycles. The number of halogens is 2. The van der Waals surface area contributed by atoms with Gasteiger partial charge in [0.15, 0.2) is 0 Å². The molecule has 0 N–H and O–H groups in total. The van der Waals surface area contributed by atoms with Crippen molar-refractivity contribution in [3.8, 4) is 0 Å². The summed E-state index contributed by atoms with van der Waals surface area (Å²) >= 11 is 1.74. The molecule has 0 saturated heterocycles. The molecule has 0 aromatic heterocycles. The van der Waals surface area contributed by atoms with Crippen LogP contribution in [0.25, 0.3) is 11.1 Å². The summed E-state index contributed by atoms with van der Waals surface area (Å²) < 4.78 is 0. The Kier molecular flexibility index (Phi) is 15.4. The Morgan fingerprint density at radius 2 is 1.00 bits per heavy atom. The Balaban J connectivity index is 0.000000415. The minimum atomic E-state index is 0. The van der Waals surface area contributed by atoms with Gasteiger partial charge in [-0.15, -0.1) is 24.0 Å². The third kappa shape index (κ3) is 10.6. The predicted octanol–water partition coefficient (Wildman–Crippen LogP) is 0.458. The zero-order valence-electron chi connectivity index (χ0n) is 16.3. The molecule has 0 atom stereocenters. The molecule has 0 aliphatic heterocycles. The number of benzene rings is 2. The molecule has 2 aromatic rings. The largest absolute Gasteiger partial charge is 1.00 e. The van der Waals surface area contributed by atoms with Gasteiger partial charge in [0.25, 0.3) is 0 Å². The maximum absolute atomic E-state index is 3.15. The molecule has 0 saturated carbocycles. The quantitative estimate of drug-likeness (QED) is 0.414. The Hall–Kier alpha value is -0.920. The molecular formula is C24H24Cl2SiZr-2. The summed E-state index contributed by atoms with van der Waals surface area (Å²) in [6.07, 6.45) is 16.7. The van der Waals surface area contributed by atoms with Crippen molar-refractivity contribution in [1.29, 1.82) is 0 Å². The second-order valence-electron chi connectivity index (χ2n) is 6.16. The third-order valence-electron chi connectivity index (χ3n) is 3.61. The van der Waals surface area contributed by atoms with Crippen molar-refractivity contribution in [3.05, 3.63) is 108 Å². The van der Waals surface area contributed by atoms with Crippen LogP contribution in [-0.2, 0) is 23.3 Å². The number of hydrogen-bond acceptors (Lipinski definition) is 0. The fourth-order valence-electron chi connectivity index (χ4n) is 2.46. The molecule has 2 aliphatic rings. The number of allylic oxidation sites excluding steroid dienone is 8. The molecule has 4 rings (SSSR count). The molecular weight excluding hydrogens is 478 g/mol. The molecule has 4 heteroatoms. The number of hydrogen-bond donors (Lipinski definition) is 0. The summed E-state index contributed by atoms with van der Waals surface area (Å²) in [6, 6.07) is 20.8. The van der Waals surface area contributed by atoms with E-state index >= 15 is 0 Å². The molecule has 2 aromatic carbocycles. The van der Waals surface area contributed by atoms with Crippen LogP contribution in [0.15, 0.2) is 85.0 Å². The molecule has 0 spiro atoms. The third-order valence-corrected chi connectivity index (χ3v) is 3.61. The van der Waals surface area contributed by atoms with Gasteiger partial charge in [-0.25, -0.2) is 12.2 Å². The number of rotatable bonds is 2. The standard InChI is InChI=1S/2C11H9.C2H6Si.2ClH.Zr/c2*1-2-6-10(7-3-1)11-8-4-5-9-11;1-3-2;;;/h2*1-3,6-9H,4H2;1-2H3;2*1H;/q2*-1;;;;+2/p-2. The fraction of sp³-hybridized carbons (Fsp3) is 0.167. The molecule has 144 valence electrons. The first-order valence-corrected chi connectivity index (χ1v) is 15.0. The van der Waals surface area contributed by atoms with Gasteiger partial charge in [0.2, 0.25) is 0 Å². The molecule has 0 amide bonds. The van der Waals surface area contributed by atoms with Crippen LogP contribution in [0.2, 0.25) is 13.1 Å². The van der Waals surface area contributed by atoms with Crippen LogP contribution in [0, 0.1) is 12.2 Å². The Morgan fingerprint density at radius 1 is 0.679 bits per heavy atom. The zero-order valence-corrected chi connectivity index (χ0v) is 21.2. The van der Waals surface area contributed by atoms with E-state index in [1.165, 1.54) is 22.3 Å². The maximum atomic E-state index is 3.15. The Labute approximate surface area is 197 Å². The van der Waals surface area contributed by atoms with Gasteiger partial charge in [-0.1, -0.05) is 60.7 Å². The smallest absolute Gasteiger partial charge is 0.0623 e. The summed E-state index contributed by atoms with van der Waals surface area (Å²) in [4.78, 5) is 0. The van der Waals surface area contributed by atoms with E-state index in [0.29, 0.717) is 0 Å². The van der Waals surface area contributed by atoms with Gasteiger partial charge >= 0.3 is 41.9 Å². The van der Waals surface area contributed by atoms with E-state index in [-0.39, 0.29) is 30.2 Å². The summed E-state index contributed by atoms with van der Waals surface area (Å²) in [6.45, 7) is 4.62. The monoisotopic (exact) mass is 500 g/mol. The predicted molar refractivity (Wildman–Crippen MR) is 111 cm³/mol. The average Bonchev–Trinajstić information content (AvgIpc) is 3.37. The molecule has 28 heavy (non-hydrogen) atoms. The van der Waals surface area contributed by atoms with Crippen molar-refractivity contribution >= 4 is 16.6 Å². The van der Waals surface area contributed by atoms with Crippen molar-refractivity contribution in [1.82, 2.24) is 0 Å². The minimum absolute atomic E-state index is 0. The SMILES string of the molecule is C[Si](C)=[Zr+2].[C-]1=CC(c2ccccc2)=CC1.[C-]1=CC(c2ccccc2)=CC1.[Cl-].[Cl-]. The average molecular weight is 503 g/mol. The zero-order chi connectivity index (χ0) is 18.6. The van der Waals surface area contributed by atoms with Crippen molar-refractivity contribution in [2.45, 2.75) is 25.9 Å². The van der Waals surface area contributed by atoms with Gasteiger partial charge < -0.3 is 24.8 Å². The van der Waals surface area contributed by atoms with Crippen molar-refractivity contribution < 1.29 is 48.1 Å². The topological polar surface area (TPSA) is 0 Å². The van der Waals surface area contributed by atoms with Crippen LogP contribution >= 0.6 is 0 Å². The molecule has 0 radical (unpaired) electrons. The van der Waals surface area contributed by atoms with Gasteiger partial charge in [0, 0.05) is 0 Å². The van der Waals surface area contributed by atoms with Gasteiger partial charge in [0.05, 0.1) is 0 Å². The first kappa shape index (κ1) is 27.1. The van der Waals surface area contributed by atoms with Gasteiger partial charge in [-0.3, -0.25) is 12.2 Å². The summed E-state index contributed by atoms with van der Waals surface area (Å²) in [5, 5.41) is 0. The summed E-state index contributed by atoms with van der Waals surface area (Å²) in [5.74, 6) is 0. The van der Waals surface area contributed by atoms with Gasteiger partial charge in [0.1, 0.15) is 0 Å². The van der Waals surface area contributed by atoms with Gasteiger partial charge in [-0.05, 0) is 0 Å². The second-order valence-corrected chi connectivity index (χ2v) is 15.5. The van der Waals surface area contributed by atoms with E-state index in [9.17, 15) is 0 Å². The van der Waals surface area contributed by atoms with Crippen molar-refractivity contribution in [3.63, 3.8) is 0 Å². The van der Waals surface area contributed by atoms with Gasteiger partial charge in [-0.2, -0.15) is 23.3 Å². The Morgan fingerprint density at radius 3 is 1.25 bits per heavy atom. The molecule has 0 heterocycles. The van der Waals surface area contributed by atoms with Crippen LogP contribution in [0.4, 0.5) is 0 Å². The molecule has 0 fully saturated rings. The van der Waals surface area contributed by atoms with Crippen LogP contribution in [-0.4, -0.2) is 5.43 Å². The maximum Gasteiger partial charge on any atom is -0.0623 e. The summed E-state index contributed by atoms with van der Waals surface area (Å²) in [7, 11) is 0. The normalized spacial score (nSPS) is 12.9. The fourth-order valence-corrected chi connectivity index (χ4v) is 2.46. The van der Waals surface area contributed by atoms with E-state index in [2.05, 4.69) is 98.1 Å². The van der Waals surface area contributed by atoms with Crippen molar-refractivity contribution in [2.75, 3.05) is 0 Å².